The lowest BCUT2D eigenvalue weighted by atomic mass is 10.1. The van der Waals surface area contributed by atoms with Crippen LogP contribution in [0.5, 0.6) is 11.5 Å². The smallest absolute Gasteiger partial charge is 0.349 e. The monoisotopic (exact) mass is 395 g/mol. The fourth-order valence-corrected chi connectivity index (χ4v) is 2.67. The van der Waals surface area contributed by atoms with Gasteiger partial charge in [-0.25, -0.2) is 9.59 Å². The fraction of sp³-hybridized carbons (Fsp3) is 0.227. The van der Waals surface area contributed by atoms with Crippen LogP contribution < -0.4 is 20.4 Å². The molecule has 0 aliphatic carbocycles. The number of benzene rings is 2. The third-order valence-corrected chi connectivity index (χ3v) is 4.04. The van der Waals surface area contributed by atoms with Gasteiger partial charge in [-0.05, 0) is 50.6 Å². The van der Waals surface area contributed by atoms with Crippen LogP contribution in [-0.4, -0.2) is 24.5 Å². The Bertz CT molecular complexity index is 1120. The van der Waals surface area contributed by atoms with E-state index in [0.717, 1.165) is 5.56 Å². The zero-order chi connectivity index (χ0) is 21.0. The van der Waals surface area contributed by atoms with Gasteiger partial charge in [0.25, 0.3) is 5.91 Å². The summed E-state index contributed by atoms with van der Waals surface area (Å²) in [5, 5.41) is 3.19. The molecule has 0 unspecified atom stereocenters. The average molecular weight is 395 g/mol. The lowest BCUT2D eigenvalue weighted by molar-refractivity contribution is -0.136. The first kappa shape index (κ1) is 20.1. The van der Waals surface area contributed by atoms with E-state index in [4.69, 9.17) is 13.9 Å². The van der Waals surface area contributed by atoms with E-state index in [0.29, 0.717) is 11.1 Å². The van der Waals surface area contributed by atoms with Crippen molar-refractivity contribution >= 4 is 22.8 Å². The van der Waals surface area contributed by atoms with Crippen LogP contribution in [0.1, 0.15) is 29.8 Å². The van der Waals surface area contributed by atoms with Crippen molar-refractivity contribution in [2.24, 2.45) is 0 Å². The Morgan fingerprint density at radius 2 is 1.86 bits per heavy atom. The van der Waals surface area contributed by atoms with Crippen molar-refractivity contribution in [3.05, 3.63) is 70.1 Å². The molecule has 150 valence electrons. The van der Waals surface area contributed by atoms with Crippen LogP contribution in [0, 0.1) is 6.92 Å². The molecule has 1 N–H and O–H groups in total. The van der Waals surface area contributed by atoms with Gasteiger partial charge in [0.1, 0.15) is 22.6 Å². The van der Waals surface area contributed by atoms with Gasteiger partial charge in [-0.2, -0.15) is 0 Å². The molecular formula is C22H21NO6. The SMILES string of the molecule is Cc1ccccc1OCC(=O)Oc1ccc2cc(C(=O)NC(C)C)c(=O)oc2c1. The Balaban J connectivity index is 1.72. The van der Waals surface area contributed by atoms with Gasteiger partial charge in [-0.3, -0.25) is 4.79 Å². The summed E-state index contributed by atoms with van der Waals surface area (Å²) in [4.78, 5) is 36.3. The number of fused-ring (bicyclic) bond motifs is 1. The van der Waals surface area contributed by atoms with Gasteiger partial charge in [0, 0.05) is 17.5 Å². The van der Waals surface area contributed by atoms with Crippen LogP contribution in [0.3, 0.4) is 0 Å². The first-order chi connectivity index (χ1) is 13.8. The van der Waals surface area contributed by atoms with Crippen molar-refractivity contribution in [1.82, 2.24) is 5.32 Å². The minimum Gasteiger partial charge on any atom is -0.482 e. The molecule has 1 aromatic heterocycles. The van der Waals surface area contributed by atoms with Crippen LogP contribution in [-0.2, 0) is 4.79 Å². The molecule has 2 aromatic carbocycles. The van der Waals surface area contributed by atoms with E-state index in [2.05, 4.69) is 5.32 Å². The minimum absolute atomic E-state index is 0.0809. The molecular weight excluding hydrogens is 374 g/mol. The molecule has 7 nitrogen and oxygen atoms in total. The van der Waals surface area contributed by atoms with E-state index in [9.17, 15) is 14.4 Å². The molecule has 1 heterocycles. The molecule has 0 bridgehead atoms. The van der Waals surface area contributed by atoms with Gasteiger partial charge in [0.15, 0.2) is 6.61 Å². The molecule has 29 heavy (non-hydrogen) atoms. The molecule has 0 spiro atoms. The molecule has 0 fully saturated rings. The predicted octanol–water partition coefficient (Wildman–Crippen LogP) is 3.22. The Morgan fingerprint density at radius 3 is 2.59 bits per heavy atom. The number of ether oxygens (including phenoxy) is 2. The molecule has 0 aliphatic heterocycles. The highest BCUT2D eigenvalue weighted by Gasteiger charge is 2.15. The third kappa shape index (κ3) is 5.01. The molecule has 0 atom stereocenters. The third-order valence-electron chi connectivity index (χ3n) is 4.04. The lowest BCUT2D eigenvalue weighted by Crippen LogP contribution is -2.33. The number of para-hydroxylation sites is 1. The summed E-state index contributed by atoms with van der Waals surface area (Å²) >= 11 is 0. The van der Waals surface area contributed by atoms with Gasteiger partial charge in [0.2, 0.25) is 0 Å². The zero-order valence-corrected chi connectivity index (χ0v) is 16.4. The average Bonchev–Trinajstić information content (AvgIpc) is 2.66. The van der Waals surface area contributed by atoms with Gasteiger partial charge >= 0.3 is 11.6 Å². The van der Waals surface area contributed by atoms with Crippen LogP contribution >= 0.6 is 0 Å². The van der Waals surface area contributed by atoms with Gasteiger partial charge < -0.3 is 19.2 Å². The number of aryl methyl sites for hydroxylation is 1. The summed E-state index contributed by atoms with van der Waals surface area (Å²) < 4.78 is 15.9. The highest BCUT2D eigenvalue weighted by Crippen LogP contribution is 2.21. The van der Waals surface area contributed by atoms with Crippen molar-refractivity contribution in [1.29, 1.82) is 0 Å². The van der Waals surface area contributed by atoms with Gasteiger partial charge in [0.05, 0.1) is 0 Å². The largest absolute Gasteiger partial charge is 0.482 e. The maximum Gasteiger partial charge on any atom is 0.349 e. The van der Waals surface area contributed by atoms with E-state index in [1.807, 2.05) is 25.1 Å². The highest BCUT2D eigenvalue weighted by molar-refractivity contribution is 5.96. The molecule has 7 heteroatoms. The Hall–Kier alpha value is -3.61. The standard InChI is InChI=1S/C22H21NO6/c1-13(2)23-21(25)17-10-15-8-9-16(11-19(15)29-22(17)26)28-20(24)12-27-18-7-5-4-6-14(18)3/h4-11,13H,12H2,1-3H3,(H,23,25). The number of esters is 1. The number of nitrogens with one attached hydrogen (secondary N) is 1. The highest BCUT2D eigenvalue weighted by atomic mass is 16.6. The second-order valence-electron chi connectivity index (χ2n) is 6.80. The van der Waals surface area contributed by atoms with Crippen LogP contribution in [0.25, 0.3) is 11.0 Å². The van der Waals surface area contributed by atoms with Crippen LogP contribution in [0.15, 0.2) is 57.7 Å². The van der Waals surface area contributed by atoms with Gasteiger partial charge in [-0.15, -0.1) is 0 Å². The van der Waals surface area contributed by atoms with E-state index < -0.39 is 17.5 Å². The Labute approximate surface area is 167 Å². The molecule has 0 saturated heterocycles. The summed E-state index contributed by atoms with van der Waals surface area (Å²) in [6.45, 7) is 5.21. The second-order valence-corrected chi connectivity index (χ2v) is 6.80. The van der Waals surface area contributed by atoms with Gasteiger partial charge in [-0.1, -0.05) is 18.2 Å². The van der Waals surface area contributed by atoms with E-state index in [-0.39, 0.29) is 29.5 Å². The van der Waals surface area contributed by atoms with Crippen molar-refractivity contribution < 1.29 is 23.5 Å². The number of hydrogen-bond acceptors (Lipinski definition) is 6. The van der Waals surface area contributed by atoms with Crippen molar-refractivity contribution in [3.8, 4) is 11.5 Å². The summed E-state index contributed by atoms with van der Waals surface area (Å²) in [6, 6.07) is 13.3. The number of rotatable bonds is 6. The lowest BCUT2D eigenvalue weighted by Gasteiger charge is -2.10. The molecule has 3 aromatic rings. The fourth-order valence-electron chi connectivity index (χ4n) is 2.67. The van der Waals surface area contributed by atoms with Crippen molar-refractivity contribution in [2.45, 2.75) is 26.8 Å². The second kappa shape index (κ2) is 8.60. The Morgan fingerprint density at radius 1 is 1.10 bits per heavy atom. The first-order valence-corrected chi connectivity index (χ1v) is 9.11. The number of amides is 1. The molecule has 3 rings (SSSR count). The summed E-state index contributed by atoms with van der Waals surface area (Å²) in [6.07, 6.45) is 0. The van der Waals surface area contributed by atoms with Crippen molar-refractivity contribution in [3.63, 3.8) is 0 Å². The van der Waals surface area contributed by atoms with E-state index >= 15 is 0 Å². The van der Waals surface area contributed by atoms with Crippen molar-refractivity contribution in [2.75, 3.05) is 6.61 Å². The molecule has 0 aliphatic rings. The van der Waals surface area contributed by atoms with E-state index in [1.165, 1.54) is 12.1 Å². The maximum atomic E-state index is 12.1. The van der Waals surface area contributed by atoms with Crippen LogP contribution in [0.4, 0.5) is 0 Å². The van der Waals surface area contributed by atoms with Crippen LogP contribution in [0.2, 0.25) is 0 Å². The predicted molar refractivity (Wildman–Crippen MR) is 107 cm³/mol. The quantitative estimate of drug-likeness (QED) is 0.391. The minimum atomic E-state index is -0.762. The number of hydrogen-bond donors (Lipinski definition) is 1. The molecule has 0 saturated carbocycles. The zero-order valence-electron chi connectivity index (χ0n) is 16.4. The Kier molecular flexibility index (Phi) is 5.97. The summed E-state index contributed by atoms with van der Waals surface area (Å²) in [7, 11) is 0. The normalized spacial score (nSPS) is 10.8. The molecule has 0 radical (unpaired) electrons. The molecule has 1 amide bonds. The summed E-state index contributed by atoms with van der Waals surface area (Å²) in [5.74, 6) is -0.290. The number of carbonyl (C=O) groups is 2. The first-order valence-electron chi connectivity index (χ1n) is 9.11. The topological polar surface area (TPSA) is 94.8 Å². The maximum absolute atomic E-state index is 12.1. The van der Waals surface area contributed by atoms with E-state index in [1.54, 1.807) is 32.0 Å². The summed E-state index contributed by atoms with van der Waals surface area (Å²) in [5.41, 5.74) is 0.274. The number of carbonyl (C=O) groups excluding carboxylic acids is 2.